The summed E-state index contributed by atoms with van der Waals surface area (Å²) < 4.78 is 0. The molecule has 0 aromatic carbocycles. The average molecular weight is 166 g/mol. The lowest BCUT2D eigenvalue weighted by Crippen LogP contribution is -2.25. The van der Waals surface area contributed by atoms with Crippen molar-refractivity contribution >= 4 is 0 Å². The zero-order valence-electron chi connectivity index (χ0n) is 8.93. The van der Waals surface area contributed by atoms with Gasteiger partial charge in [0.25, 0.3) is 0 Å². The van der Waals surface area contributed by atoms with Gasteiger partial charge in [0.1, 0.15) is 0 Å². The quantitative estimate of drug-likeness (QED) is 0.599. The normalized spacial score (nSPS) is 52.5. The molecule has 5 atom stereocenters. The van der Waals surface area contributed by atoms with Crippen LogP contribution in [-0.4, -0.2) is 0 Å². The van der Waals surface area contributed by atoms with Crippen LogP contribution in [0, 0.1) is 29.1 Å². The summed E-state index contributed by atoms with van der Waals surface area (Å²) in [5, 5.41) is 0. The summed E-state index contributed by atoms with van der Waals surface area (Å²) in [6.07, 6.45) is 4.40. The zero-order valence-corrected chi connectivity index (χ0v) is 8.93. The summed E-state index contributed by atoms with van der Waals surface area (Å²) in [7, 11) is 0. The van der Waals surface area contributed by atoms with Gasteiger partial charge in [-0.25, -0.2) is 0 Å². The van der Waals surface area contributed by atoms with Crippen LogP contribution in [-0.2, 0) is 0 Å². The lowest BCUT2D eigenvalue weighted by molar-refractivity contribution is 0.163. The second-order valence-electron chi connectivity index (χ2n) is 5.53. The minimum Gasteiger partial charge on any atom is -0.0651 e. The van der Waals surface area contributed by atoms with Gasteiger partial charge < -0.3 is 0 Å². The van der Waals surface area contributed by atoms with Crippen molar-refractivity contribution in [3.8, 4) is 0 Å². The highest BCUT2D eigenvalue weighted by molar-refractivity contribution is 5.17. The topological polar surface area (TPSA) is 0 Å². The number of hydrogen-bond acceptors (Lipinski definition) is 0. The lowest BCUT2D eigenvalue weighted by atomic mass is 9.72. The molecule has 0 aromatic heterocycles. The first-order chi connectivity index (χ1) is 5.59. The van der Waals surface area contributed by atoms with Crippen molar-refractivity contribution in [3.05, 3.63) is 0 Å². The Balaban J connectivity index is 1.81. The maximum atomic E-state index is 2.48. The van der Waals surface area contributed by atoms with E-state index in [0.29, 0.717) is 0 Å². The van der Waals surface area contributed by atoms with E-state index >= 15 is 0 Å². The van der Waals surface area contributed by atoms with Gasteiger partial charge in [-0.15, -0.1) is 0 Å². The highest BCUT2D eigenvalue weighted by Crippen LogP contribution is 2.75. The lowest BCUT2D eigenvalue weighted by Gasteiger charge is -2.33. The fourth-order valence-corrected chi connectivity index (χ4v) is 3.55. The minimum absolute atomic E-state index is 0.804. The molecule has 0 heteroatoms. The highest BCUT2D eigenvalue weighted by atomic mass is 14.7. The second-order valence-corrected chi connectivity index (χ2v) is 5.53. The van der Waals surface area contributed by atoms with E-state index in [4.69, 9.17) is 0 Å². The summed E-state index contributed by atoms with van der Waals surface area (Å²) in [6.45, 7) is 9.65. The molecular formula is C12H22. The molecule has 2 fully saturated rings. The number of hydrogen-bond donors (Lipinski definition) is 0. The molecule has 70 valence electrons. The Morgan fingerprint density at radius 1 is 1.50 bits per heavy atom. The highest BCUT2D eigenvalue weighted by Gasteiger charge is 2.69. The van der Waals surface area contributed by atoms with Crippen LogP contribution in [0.3, 0.4) is 0 Å². The molecular weight excluding hydrogens is 144 g/mol. The van der Waals surface area contributed by atoms with E-state index < -0.39 is 0 Å². The fourth-order valence-electron chi connectivity index (χ4n) is 3.55. The van der Waals surface area contributed by atoms with E-state index in [-0.39, 0.29) is 0 Å². The summed E-state index contributed by atoms with van der Waals surface area (Å²) >= 11 is 0. The molecule has 0 N–H and O–H groups in total. The molecule has 0 saturated heterocycles. The number of fused-ring (bicyclic) bond motifs is 1. The fraction of sp³-hybridized carbons (Fsp3) is 1.00. The maximum absolute atomic E-state index is 2.48. The van der Waals surface area contributed by atoms with Gasteiger partial charge in [-0.3, -0.25) is 0 Å². The first kappa shape index (κ1) is 8.59. The molecule has 0 aromatic rings. The molecule has 0 amide bonds. The maximum Gasteiger partial charge on any atom is -0.0261 e. The zero-order chi connectivity index (χ0) is 8.93. The van der Waals surface area contributed by atoms with Crippen molar-refractivity contribution in [2.24, 2.45) is 29.1 Å². The molecule has 0 aliphatic heterocycles. The first-order valence-electron chi connectivity index (χ1n) is 5.59. The van der Waals surface area contributed by atoms with Crippen LogP contribution < -0.4 is 0 Å². The van der Waals surface area contributed by atoms with E-state index in [1.807, 2.05) is 0 Å². The molecule has 5 unspecified atom stereocenters. The van der Waals surface area contributed by atoms with E-state index in [0.717, 1.165) is 29.1 Å². The van der Waals surface area contributed by atoms with Crippen LogP contribution in [0.2, 0.25) is 0 Å². The third-order valence-electron chi connectivity index (χ3n) is 4.84. The van der Waals surface area contributed by atoms with Gasteiger partial charge in [0, 0.05) is 0 Å². The third kappa shape index (κ3) is 0.963. The summed E-state index contributed by atoms with van der Waals surface area (Å²) in [4.78, 5) is 0. The van der Waals surface area contributed by atoms with Crippen molar-refractivity contribution in [2.75, 3.05) is 0 Å². The van der Waals surface area contributed by atoms with Gasteiger partial charge in [0.05, 0.1) is 0 Å². The van der Waals surface area contributed by atoms with Crippen molar-refractivity contribution < 1.29 is 0 Å². The Morgan fingerprint density at radius 3 is 2.50 bits per heavy atom. The largest absolute Gasteiger partial charge is 0.0651 e. The predicted octanol–water partition coefficient (Wildman–Crippen LogP) is 3.71. The van der Waals surface area contributed by atoms with E-state index in [1.165, 1.54) is 19.3 Å². The van der Waals surface area contributed by atoms with Crippen LogP contribution in [0.25, 0.3) is 0 Å². The molecule has 0 nitrogen and oxygen atoms in total. The van der Waals surface area contributed by atoms with Gasteiger partial charge in [-0.2, -0.15) is 0 Å². The monoisotopic (exact) mass is 166 g/mol. The average Bonchev–Trinajstić information content (AvgIpc) is 2.42. The van der Waals surface area contributed by atoms with Gasteiger partial charge in [0.15, 0.2) is 0 Å². The SMILES string of the molecule is CCC(C)CC1CC2(C)C(C)C12. The van der Waals surface area contributed by atoms with Gasteiger partial charge in [-0.05, 0) is 41.9 Å². The van der Waals surface area contributed by atoms with Crippen molar-refractivity contribution in [2.45, 2.75) is 47.0 Å². The van der Waals surface area contributed by atoms with Crippen LogP contribution in [0.15, 0.2) is 0 Å². The molecule has 12 heavy (non-hydrogen) atoms. The summed E-state index contributed by atoms with van der Waals surface area (Å²) in [5.41, 5.74) is 0.804. The van der Waals surface area contributed by atoms with Crippen molar-refractivity contribution in [1.29, 1.82) is 0 Å². The number of rotatable bonds is 3. The molecule has 2 rings (SSSR count). The summed E-state index contributed by atoms with van der Waals surface area (Å²) in [6, 6.07) is 0. The first-order valence-corrected chi connectivity index (χ1v) is 5.59. The Kier molecular flexibility index (Phi) is 1.79. The van der Waals surface area contributed by atoms with Crippen LogP contribution in [0.1, 0.15) is 47.0 Å². The smallest absolute Gasteiger partial charge is 0.0261 e. The molecule has 0 radical (unpaired) electrons. The standard InChI is InChI=1S/C12H22/c1-5-8(2)6-10-7-12(4)9(3)11(10)12/h8-11H,5-7H2,1-4H3. The Bertz CT molecular complexity index is 184. The molecule has 2 aliphatic rings. The van der Waals surface area contributed by atoms with Gasteiger partial charge >= 0.3 is 0 Å². The van der Waals surface area contributed by atoms with E-state index in [2.05, 4.69) is 27.7 Å². The molecule has 0 spiro atoms. The third-order valence-corrected chi connectivity index (χ3v) is 4.84. The molecule has 2 aliphatic carbocycles. The second kappa shape index (κ2) is 2.49. The van der Waals surface area contributed by atoms with Crippen LogP contribution in [0.5, 0.6) is 0 Å². The van der Waals surface area contributed by atoms with Crippen LogP contribution in [0.4, 0.5) is 0 Å². The van der Waals surface area contributed by atoms with E-state index in [9.17, 15) is 0 Å². The van der Waals surface area contributed by atoms with Crippen molar-refractivity contribution in [3.63, 3.8) is 0 Å². The summed E-state index contributed by atoms with van der Waals surface area (Å²) in [5.74, 6) is 4.23. The molecule has 2 saturated carbocycles. The Hall–Kier alpha value is 0. The molecule has 0 heterocycles. The minimum atomic E-state index is 0.804. The predicted molar refractivity (Wildman–Crippen MR) is 52.9 cm³/mol. The van der Waals surface area contributed by atoms with E-state index in [1.54, 1.807) is 0 Å². The Labute approximate surface area is 76.7 Å². The van der Waals surface area contributed by atoms with Gasteiger partial charge in [0.2, 0.25) is 0 Å². The molecule has 0 bridgehead atoms. The van der Waals surface area contributed by atoms with Crippen LogP contribution >= 0.6 is 0 Å². The van der Waals surface area contributed by atoms with Gasteiger partial charge in [-0.1, -0.05) is 34.1 Å². The van der Waals surface area contributed by atoms with Crippen molar-refractivity contribution in [1.82, 2.24) is 0 Å². The Morgan fingerprint density at radius 2 is 2.17 bits per heavy atom.